The number of aryl methyl sites for hydroxylation is 2. The van der Waals surface area contributed by atoms with E-state index in [1.54, 1.807) is 0 Å². The SMILES string of the molecule is CCc1nn(C)cc1NC1CCCC(O)CCC1. The third kappa shape index (κ3) is 3.48. The molecule has 1 aliphatic rings. The molecule has 0 unspecified atom stereocenters. The Labute approximate surface area is 109 Å². The van der Waals surface area contributed by atoms with Gasteiger partial charge in [-0.2, -0.15) is 5.10 Å². The molecule has 1 aliphatic carbocycles. The minimum Gasteiger partial charge on any atom is -0.393 e. The first-order valence-corrected chi connectivity index (χ1v) is 7.16. The number of aliphatic hydroxyl groups excluding tert-OH is 1. The predicted octanol–water partition coefficient (Wildman–Crippen LogP) is 2.48. The van der Waals surface area contributed by atoms with Crippen molar-refractivity contribution in [1.82, 2.24) is 9.78 Å². The molecule has 2 N–H and O–H groups in total. The fraction of sp³-hybridized carbons (Fsp3) is 0.786. The number of anilines is 1. The van der Waals surface area contributed by atoms with Crippen molar-refractivity contribution in [3.8, 4) is 0 Å². The van der Waals surface area contributed by atoms with Gasteiger partial charge in [-0.05, 0) is 44.9 Å². The van der Waals surface area contributed by atoms with Crippen LogP contribution in [-0.2, 0) is 13.5 Å². The number of hydrogen-bond donors (Lipinski definition) is 2. The second kappa shape index (κ2) is 6.23. The maximum atomic E-state index is 9.64. The minimum atomic E-state index is -0.0736. The fourth-order valence-electron chi connectivity index (χ4n) is 2.77. The first-order valence-electron chi connectivity index (χ1n) is 7.16. The summed E-state index contributed by atoms with van der Waals surface area (Å²) in [6.45, 7) is 2.14. The van der Waals surface area contributed by atoms with Crippen LogP contribution in [0.4, 0.5) is 5.69 Å². The third-order valence-electron chi connectivity index (χ3n) is 3.78. The Hall–Kier alpha value is -1.03. The molecule has 1 aromatic heterocycles. The van der Waals surface area contributed by atoms with Crippen LogP contribution in [0.1, 0.15) is 51.1 Å². The molecule has 0 atom stereocenters. The van der Waals surface area contributed by atoms with Crippen LogP contribution in [-0.4, -0.2) is 27.0 Å². The van der Waals surface area contributed by atoms with Gasteiger partial charge in [-0.25, -0.2) is 0 Å². The van der Waals surface area contributed by atoms with Crippen LogP contribution in [0.3, 0.4) is 0 Å². The lowest BCUT2D eigenvalue weighted by Crippen LogP contribution is -2.23. The predicted molar refractivity (Wildman–Crippen MR) is 73.7 cm³/mol. The van der Waals surface area contributed by atoms with Gasteiger partial charge < -0.3 is 10.4 Å². The number of aromatic nitrogens is 2. The molecule has 0 aliphatic heterocycles. The molecule has 0 spiro atoms. The summed E-state index contributed by atoms with van der Waals surface area (Å²) in [5.41, 5.74) is 2.34. The first kappa shape index (κ1) is 13.4. The van der Waals surface area contributed by atoms with Crippen molar-refractivity contribution in [2.24, 2.45) is 7.05 Å². The maximum absolute atomic E-state index is 9.64. The van der Waals surface area contributed by atoms with Crippen LogP contribution in [0, 0.1) is 0 Å². The summed E-state index contributed by atoms with van der Waals surface area (Å²) in [6.07, 6.45) is 9.39. The molecule has 18 heavy (non-hydrogen) atoms. The van der Waals surface area contributed by atoms with Crippen molar-refractivity contribution in [2.75, 3.05) is 5.32 Å². The van der Waals surface area contributed by atoms with Crippen molar-refractivity contribution in [3.63, 3.8) is 0 Å². The van der Waals surface area contributed by atoms with Crippen molar-refractivity contribution < 1.29 is 5.11 Å². The molecular weight excluding hydrogens is 226 g/mol. The van der Waals surface area contributed by atoms with Crippen LogP contribution in [0.15, 0.2) is 6.20 Å². The van der Waals surface area contributed by atoms with Crippen LogP contribution in [0.25, 0.3) is 0 Å². The van der Waals surface area contributed by atoms with Gasteiger partial charge in [0.25, 0.3) is 0 Å². The number of aliphatic hydroxyl groups is 1. The largest absolute Gasteiger partial charge is 0.393 e. The molecule has 102 valence electrons. The lowest BCUT2D eigenvalue weighted by Gasteiger charge is -2.23. The van der Waals surface area contributed by atoms with Gasteiger partial charge in [0.2, 0.25) is 0 Å². The molecule has 1 saturated carbocycles. The average Bonchev–Trinajstić information content (AvgIpc) is 2.66. The van der Waals surface area contributed by atoms with Gasteiger partial charge in [0.15, 0.2) is 0 Å². The second-order valence-corrected chi connectivity index (χ2v) is 5.37. The van der Waals surface area contributed by atoms with Gasteiger partial charge in [0.05, 0.1) is 17.5 Å². The monoisotopic (exact) mass is 251 g/mol. The maximum Gasteiger partial charge on any atom is 0.0853 e. The lowest BCUT2D eigenvalue weighted by atomic mass is 9.95. The number of nitrogens with zero attached hydrogens (tertiary/aromatic N) is 2. The smallest absolute Gasteiger partial charge is 0.0853 e. The molecule has 0 amide bonds. The Morgan fingerprint density at radius 3 is 2.61 bits per heavy atom. The molecule has 0 saturated heterocycles. The highest BCUT2D eigenvalue weighted by molar-refractivity contribution is 5.47. The number of rotatable bonds is 3. The molecule has 4 nitrogen and oxygen atoms in total. The van der Waals surface area contributed by atoms with E-state index in [0.717, 1.165) is 50.6 Å². The zero-order chi connectivity index (χ0) is 13.0. The summed E-state index contributed by atoms with van der Waals surface area (Å²) in [5, 5.41) is 17.7. The Balaban J connectivity index is 1.95. The molecular formula is C14H25N3O. The van der Waals surface area contributed by atoms with Crippen LogP contribution < -0.4 is 5.32 Å². The van der Waals surface area contributed by atoms with Gasteiger partial charge in [-0.15, -0.1) is 0 Å². The van der Waals surface area contributed by atoms with Gasteiger partial charge in [0.1, 0.15) is 0 Å². The molecule has 1 aromatic rings. The fourth-order valence-corrected chi connectivity index (χ4v) is 2.77. The van der Waals surface area contributed by atoms with Crippen molar-refractivity contribution in [3.05, 3.63) is 11.9 Å². The van der Waals surface area contributed by atoms with E-state index in [2.05, 4.69) is 23.5 Å². The summed E-state index contributed by atoms with van der Waals surface area (Å²) in [5.74, 6) is 0. The van der Waals surface area contributed by atoms with Crippen LogP contribution in [0.5, 0.6) is 0 Å². The molecule has 0 aromatic carbocycles. The average molecular weight is 251 g/mol. The van der Waals surface area contributed by atoms with E-state index in [-0.39, 0.29) is 6.10 Å². The number of hydrogen-bond acceptors (Lipinski definition) is 3. The van der Waals surface area contributed by atoms with Crippen molar-refractivity contribution in [2.45, 2.75) is 64.0 Å². The summed E-state index contributed by atoms with van der Waals surface area (Å²) in [4.78, 5) is 0. The number of nitrogens with one attached hydrogen (secondary N) is 1. The van der Waals surface area contributed by atoms with E-state index in [1.807, 2.05) is 11.7 Å². The zero-order valence-corrected chi connectivity index (χ0v) is 11.5. The highest BCUT2D eigenvalue weighted by Crippen LogP contribution is 2.22. The Bertz CT molecular complexity index is 365. The second-order valence-electron chi connectivity index (χ2n) is 5.37. The minimum absolute atomic E-state index is 0.0736. The van der Waals surface area contributed by atoms with E-state index >= 15 is 0 Å². The van der Waals surface area contributed by atoms with E-state index < -0.39 is 0 Å². The third-order valence-corrected chi connectivity index (χ3v) is 3.78. The Morgan fingerprint density at radius 2 is 2.00 bits per heavy atom. The van der Waals surface area contributed by atoms with Crippen molar-refractivity contribution in [1.29, 1.82) is 0 Å². The Kier molecular flexibility index (Phi) is 4.64. The van der Waals surface area contributed by atoms with E-state index in [1.165, 1.54) is 5.69 Å². The van der Waals surface area contributed by atoms with E-state index in [4.69, 9.17) is 0 Å². The molecule has 0 bridgehead atoms. The highest BCUT2D eigenvalue weighted by Gasteiger charge is 2.16. The summed E-state index contributed by atoms with van der Waals surface area (Å²) in [7, 11) is 1.97. The quantitative estimate of drug-likeness (QED) is 0.867. The van der Waals surface area contributed by atoms with E-state index in [0.29, 0.717) is 6.04 Å². The normalized spacial score (nSPS) is 25.5. The Morgan fingerprint density at radius 1 is 1.33 bits per heavy atom. The van der Waals surface area contributed by atoms with Gasteiger partial charge in [-0.1, -0.05) is 6.92 Å². The van der Waals surface area contributed by atoms with Crippen LogP contribution >= 0.6 is 0 Å². The highest BCUT2D eigenvalue weighted by atomic mass is 16.3. The summed E-state index contributed by atoms with van der Waals surface area (Å²) >= 11 is 0. The van der Waals surface area contributed by atoms with Crippen molar-refractivity contribution >= 4 is 5.69 Å². The summed E-state index contributed by atoms with van der Waals surface area (Å²) < 4.78 is 1.88. The molecule has 1 fully saturated rings. The van der Waals surface area contributed by atoms with Gasteiger partial charge in [0, 0.05) is 19.3 Å². The molecule has 1 heterocycles. The topological polar surface area (TPSA) is 50.1 Å². The van der Waals surface area contributed by atoms with E-state index in [9.17, 15) is 5.11 Å². The first-order chi connectivity index (χ1) is 8.69. The molecule has 2 rings (SSSR count). The van der Waals surface area contributed by atoms with Gasteiger partial charge >= 0.3 is 0 Å². The van der Waals surface area contributed by atoms with Gasteiger partial charge in [-0.3, -0.25) is 4.68 Å². The zero-order valence-electron chi connectivity index (χ0n) is 11.5. The molecule has 0 radical (unpaired) electrons. The molecule has 4 heteroatoms. The summed E-state index contributed by atoms with van der Waals surface area (Å²) in [6, 6.07) is 0.534. The lowest BCUT2D eigenvalue weighted by molar-refractivity contribution is 0.140. The standard InChI is InChI=1S/C14H25N3O/c1-3-13-14(10-17(2)16-13)15-11-6-4-8-12(18)9-5-7-11/h10-12,15,18H,3-9H2,1-2H3. The van der Waals surface area contributed by atoms with Crippen LogP contribution in [0.2, 0.25) is 0 Å².